The predicted molar refractivity (Wildman–Crippen MR) is 63.9 cm³/mol. The van der Waals surface area contributed by atoms with Crippen molar-refractivity contribution in [2.75, 3.05) is 18.6 Å². The molecule has 0 amide bonds. The van der Waals surface area contributed by atoms with Crippen LogP contribution in [0.25, 0.3) is 0 Å². The number of thioether (sulfide) groups is 1. The van der Waals surface area contributed by atoms with Gasteiger partial charge in [-0.15, -0.1) is 11.3 Å². The zero-order chi connectivity index (χ0) is 9.68. The van der Waals surface area contributed by atoms with E-state index in [-0.39, 0.29) is 0 Å². The molecule has 0 aromatic carbocycles. The number of hydrogen-bond donors (Lipinski definition) is 1. The lowest BCUT2D eigenvalue weighted by Crippen LogP contribution is -2.18. The van der Waals surface area contributed by atoms with Crippen LogP contribution < -0.4 is 5.32 Å². The molecule has 1 aromatic heterocycles. The van der Waals surface area contributed by atoms with Crippen LogP contribution in [0.15, 0.2) is 11.4 Å². The molecule has 1 unspecified atom stereocenters. The van der Waals surface area contributed by atoms with E-state index in [4.69, 9.17) is 0 Å². The smallest absolute Gasteiger partial charge is 0.0417 e. The Labute approximate surface area is 88.9 Å². The molecule has 0 aliphatic rings. The maximum absolute atomic E-state index is 3.35. The van der Waals surface area contributed by atoms with Crippen LogP contribution in [0.5, 0.6) is 0 Å². The maximum Gasteiger partial charge on any atom is 0.0417 e. The topological polar surface area (TPSA) is 12.0 Å². The molecule has 1 aromatic rings. The lowest BCUT2D eigenvalue weighted by atomic mass is 10.2. The standard InChI is InChI=1S/C10H17NS2/c1-4-12-7-10(11-3)9-5-8(2)13-6-9/h5-6,10-11H,4,7H2,1-3H3. The minimum absolute atomic E-state index is 0.523. The molecular formula is C10H17NS2. The third-order valence-corrected chi connectivity index (χ3v) is 3.85. The van der Waals surface area contributed by atoms with Crippen molar-refractivity contribution in [1.29, 1.82) is 0 Å². The molecule has 1 heterocycles. The molecule has 0 saturated carbocycles. The van der Waals surface area contributed by atoms with Gasteiger partial charge in [0, 0.05) is 16.7 Å². The summed E-state index contributed by atoms with van der Waals surface area (Å²) in [5, 5.41) is 5.61. The molecule has 0 aliphatic carbocycles. The zero-order valence-corrected chi connectivity index (χ0v) is 10.1. The number of thiophene rings is 1. The Morgan fingerprint density at radius 2 is 2.38 bits per heavy atom. The van der Waals surface area contributed by atoms with Crippen molar-refractivity contribution in [3.05, 3.63) is 21.9 Å². The lowest BCUT2D eigenvalue weighted by molar-refractivity contribution is 0.664. The molecule has 0 fully saturated rings. The quantitative estimate of drug-likeness (QED) is 0.810. The summed E-state index contributed by atoms with van der Waals surface area (Å²) >= 11 is 3.82. The fraction of sp³-hybridized carbons (Fsp3) is 0.600. The van der Waals surface area contributed by atoms with Gasteiger partial charge in [0.1, 0.15) is 0 Å². The molecule has 74 valence electrons. The van der Waals surface area contributed by atoms with Crippen molar-refractivity contribution in [2.24, 2.45) is 0 Å². The second kappa shape index (κ2) is 5.68. The van der Waals surface area contributed by atoms with Crippen LogP contribution in [0.3, 0.4) is 0 Å². The molecular weight excluding hydrogens is 198 g/mol. The highest BCUT2D eigenvalue weighted by atomic mass is 32.2. The largest absolute Gasteiger partial charge is 0.312 e. The summed E-state index contributed by atoms with van der Waals surface area (Å²) in [5.41, 5.74) is 1.44. The second-order valence-electron chi connectivity index (χ2n) is 2.99. The van der Waals surface area contributed by atoms with Crippen LogP contribution in [-0.4, -0.2) is 18.6 Å². The molecule has 0 aliphatic heterocycles. The van der Waals surface area contributed by atoms with Gasteiger partial charge < -0.3 is 5.32 Å². The van der Waals surface area contributed by atoms with Crippen LogP contribution in [0.2, 0.25) is 0 Å². The van der Waals surface area contributed by atoms with Crippen LogP contribution in [0.1, 0.15) is 23.4 Å². The Bertz CT molecular complexity index is 245. The van der Waals surface area contributed by atoms with E-state index in [0.29, 0.717) is 6.04 Å². The number of hydrogen-bond acceptors (Lipinski definition) is 3. The summed E-state index contributed by atoms with van der Waals surface area (Å²) in [6.45, 7) is 4.37. The SMILES string of the molecule is CCSCC(NC)c1csc(C)c1. The fourth-order valence-corrected chi connectivity index (χ4v) is 2.82. The summed E-state index contributed by atoms with van der Waals surface area (Å²) in [7, 11) is 2.04. The minimum Gasteiger partial charge on any atom is -0.312 e. The summed E-state index contributed by atoms with van der Waals surface area (Å²) in [5.74, 6) is 2.37. The van der Waals surface area contributed by atoms with Crippen LogP contribution >= 0.6 is 23.1 Å². The predicted octanol–water partition coefficient (Wildman–Crippen LogP) is 3.07. The average molecular weight is 215 g/mol. The molecule has 0 spiro atoms. The molecule has 13 heavy (non-hydrogen) atoms. The highest BCUT2D eigenvalue weighted by Gasteiger charge is 2.09. The average Bonchev–Trinajstić information content (AvgIpc) is 2.54. The van der Waals surface area contributed by atoms with Gasteiger partial charge >= 0.3 is 0 Å². The highest BCUT2D eigenvalue weighted by molar-refractivity contribution is 7.99. The number of rotatable bonds is 5. The van der Waals surface area contributed by atoms with Crippen molar-refractivity contribution in [2.45, 2.75) is 19.9 Å². The van der Waals surface area contributed by atoms with Gasteiger partial charge in [0.25, 0.3) is 0 Å². The first-order chi connectivity index (χ1) is 6.27. The van der Waals surface area contributed by atoms with Crippen molar-refractivity contribution in [3.8, 4) is 0 Å². The van der Waals surface area contributed by atoms with E-state index in [1.165, 1.54) is 21.9 Å². The maximum atomic E-state index is 3.35. The minimum atomic E-state index is 0.523. The normalized spacial score (nSPS) is 13.2. The molecule has 3 heteroatoms. The second-order valence-corrected chi connectivity index (χ2v) is 5.43. The molecule has 0 saturated heterocycles. The van der Waals surface area contributed by atoms with Gasteiger partial charge in [0.2, 0.25) is 0 Å². The van der Waals surface area contributed by atoms with Gasteiger partial charge in [0.05, 0.1) is 0 Å². The summed E-state index contributed by atoms with van der Waals surface area (Å²) < 4.78 is 0. The van der Waals surface area contributed by atoms with Gasteiger partial charge in [-0.2, -0.15) is 11.8 Å². The Hall–Kier alpha value is 0.0100. The Balaban J connectivity index is 2.56. The van der Waals surface area contributed by atoms with Crippen LogP contribution in [0.4, 0.5) is 0 Å². The van der Waals surface area contributed by atoms with E-state index >= 15 is 0 Å². The van der Waals surface area contributed by atoms with E-state index in [0.717, 1.165) is 0 Å². The molecule has 1 rings (SSSR count). The molecule has 1 nitrogen and oxygen atoms in total. The first-order valence-electron chi connectivity index (χ1n) is 4.58. The van der Waals surface area contributed by atoms with E-state index < -0.39 is 0 Å². The van der Waals surface area contributed by atoms with Crippen molar-refractivity contribution in [1.82, 2.24) is 5.32 Å². The summed E-state index contributed by atoms with van der Waals surface area (Å²) in [6.07, 6.45) is 0. The van der Waals surface area contributed by atoms with Crippen molar-refractivity contribution < 1.29 is 0 Å². The van der Waals surface area contributed by atoms with Gasteiger partial charge in [-0.1, -0.05) is 6.92 Å². The molecule has 0 bridgehead atoms. The van der Waals surface area contributed by atoms with Crippen molar-refractivity contribution in [3.63, 3.8) is 0 Å². The lowest BCUT2D eigenvalue weighted by Gasteiger charge is -2.13. The number of nitrogens with one attached hydrogen (secondary N) is 1. The highest BCUT2D eigenvalue weighted by Crippen LogP contribution is 2.22. The third kappa shape index (κ3) is 3.33. The zero-order valence-electron chi connectivity index (χ0n) is 8.46. The Morgan fingerprint density at radius 3 is 2.85 bits per heavy atom. The summed E-state index contributed by atoms with van der Waals surface area (Å²) in [4.78, 5) is 1.40. The Kier molecular flexibility index (Phi) is 4.84. The number of aryl methyl sites for hydroxylation is 1. The van der Waals surface area contributed by atoms with Gasteiger partial charge in [0.15, 0.2) is 0 Å². The third-order valence-electron chi connectivity index (χ3n) is 1.99. The first-order valence-corrected chi connectivity index (χ1v) is 6.61. The van der Waals surface area contributed by atoms with Gasteiger partial charge in [-0.05, 0) is 36.7 Å². The van der Waals surface area contributed by atoms with E-state index in [1.54, 1.807) is 0 Å². The van der Waals surface area contributed by atoms with E-state index in [2.05, 4.69) is 30.6 Å². The van der Waals surface area contributed by atoms with E-state index in [9.17, 15) is 0 Å². The molecule has 1 N–H and O–H groups in total. The first kappa shape index (κ1) is 11.1. The van der Waals surface area contributed by atoms with Gasteiger partial charge in [-0.25, -0.2) is 0 Å². The monoisotopic (exact) mass is 215 g/mol. The fourth-order valence-electron chi connectivity index (χ4n) is 1.23. The summed E-state index contributed by atoms with van der Waals surface area (Å²) in [6, 6.07) is 2.80. The van der Waals surface area contributed by atoms with Crippen LogP contribution in [0, 0.1) is 6.92 Å². The van der Waals surface area contributed by atoms with E-state index in [1.807, 2.05) is 30.1 Å². The van der Waals surface area contributed by atoms with Gasteiger partial charge in [-0.3, -0.25) is 0 Å². The Morgan fingerprint density at radius 1 is 1.62 bits per heavy atom. The molecule has 1 atom stereocenters. The van der Waals surface area contributed by atoms with Crippen molar-refractivity contribution >= 4 is 23.1 Å². The van der Waals surface area contributed by atoms with Crippen LogP contribution in [-0.2, 0) is 0 Å². The molecule has 0 radical (unpaired) electrons.